The molecule has 1 rings (SSSR count). The number of hydrogen-bond donors (Lipinski definition) is 2. The minimum atomic E-state index is 0.121. The van der Waals surface area contributed by atoms with Crippen molar-refractivity contribution in [1.82, 2.24) is 5.32 Å². The zero-order valence-corrected chi connectivity index (χ0v) is 11.4. The number of methoxy groups -OCH3 is 3. The second-order valence-electron chi connectivity index (χ2n) is 4.13. The van der Waals surface area contributed by atoms with Gasteiger partial charge in [0, 0.05) is 30.8 Å². The molecular formula is C13H22N2O3. The summed E-state index contributed by atoms with van der Waals surface area (Å²) in [6.07, 6.45) is 0. The molecule has 3 N–H and O–H groups in total. The van der Waals surface area contributed by atoms with Gasteiger partial charge in [-0.05, 0) is 13.0 Å². The van der Waals surface area contributed by atoms with Crippen molar-refractivity contribution < 1.29 is 14.2 Å². The van der Waals surface area contributed by atoms with Crippen LogP contribution in [0.2, 0.25) is 0 Å². The Balaban J connectivity index is 2.87. The van der Waals surface area contributed by atoms with Gasteiger partial charge in [0.1, 0.15) is 5.75 Å². The van der Waals surface area contributed by atoms with Crippen LogP contribution in [0, 0.1) is 0 Å². The van der Waals surface area contributed by atoms with Gasteiger partial charge in [0.05, 0.1) is 21.3 Å². The molecule has 0 aliphatic carbocycles. The number of nitrogens with two attached hydrogens (primary N) is 1. The van der Waals surface area contributed by atoms with Crippen LogP contribution in [-0.4, -0.2) is 33.9 Å². The summed E-state index contributed by atoms with van der Waals surface area (Å²) in [4.78, 5) is 0. The molecule has 0 aromatic heterocycles. The lowest BCUT2D eigenvalue weighted by molar-refractivity contribution is 0.347. The van der Waals surface area contributed by atoms with Crippen molar-refractivity contribution in [2.75, 3.05) is 27.9 Å². The predicted molar refractivity (Wildman–Crippen MR) is 71.5 cm³/mol. The number of benzene rings is 1. The van der Waals surface area contributed by atoms with Gasteiger partial charge in [-0.1, -0.05) is 0 Å². The molecule has 0 aliphatic rings. The third kappa shape index (κ3) is 3.78. The van der Waals surface area contributed by atoms with E-state index in [1.54, 1.807) is 21.3 Å². The highest BCUT2D eigenvalue weighted by Crippen LogP contribution is 2.34. The largest absolute Gasteiger partial charge is 0.496 e. The maximum absolute atomic E-state index is 5.69. The third-order valence-electron chi connectivity index (χ3n) is 2.57. The van der Waals surface area contributed by atoms with E-state index < -0.39 is 0 Å². The number of rotatable bonds is 7. The number of ether oxygens (including phenoxy) is 3. The van der Waals surface area contributed by atoms with Gasteiger partial charge in [-0.25, -0.2) is 0 Å². The Morgan fingerprint density at radius 2 is 1.61 bits per heavy atom. The predicted octanol–water partition coefficient (Wildman–Crippen LogP) is 1.15. The van der Waals surface area contributed by atoms with Crippen LogP contribution in [0.1, 0.15) is 12.5 Å². The normalized spacial score (nSPS) is 12.1. The van der Waals surface area contributed by atoms with Crippen LogP contribution >= 0.6 is 0 Å². The van der Waals surface area contributed by atoms with Crippen LogP contribution in [0.5, 0.6) is 17.2 Å². The molecule has 5 heteroatoms. The lowest BCUT2D eigenvalue weighted by Gasteiger charge is -2.15. The first-order chi connectivity index (χ1) is 8.62. The summed E-state index contributed by atoms with van der Waals surface area (Å²) in [5.74, 6) is 2.12. The first kappa shape index (κ1) is 14.6. The first-order valence-corrected chi connectivity index (χ1v) is 5.87. The van der Waals surface area contributed by atoms with Crippen LogP contribution in [0.25, 0.3) is 0 Å². The molecule has 0 bridgehead atoms. The monoisotopic (exact) mass is 254 g/mol. The van der Waals surface area contributed by atoms with Gasteiger partial charge in [-0.15, -0.1) is 0 Å². The summed E-state index contributed by atoms with van der Waals surface area (Å²) in [5.41, 5.74) is 6.70. The number of nitrogens with one attached hydrogen (secondary N) is 1. The fourth-order valence-electron chi connectivity index (χ4n) is 1.67. The van der Waals surface area contributed by atoms with Crippen molar-refractivity contribution in [3.05, 3.63) is 17.7 Å². The quantitative estimate of drug-likeness (QED) is 0.764. The van der Waals surface area contributed by atoms with Gasteiger partial charge in [0.2, 0.25) is 0 Å². The first-order valence-electron chi connectivity index (χ1n) is 5.87. The molecule has 102 valence electrons. The standard InChI is InChI=1S/C13H22N2O3/c1-9(14)7-15-8-10-5-12(17-3)13(18-4)6-11(10)16-2/h5-6,9,15H,7-8,14H2,1-4H3. The van der Waals surface area contributed by atoms with E-state index in [9.17, 15) is 0 Å². The van der Waals surface area contributed by atoms with Gasteiger partial charge < -0.3 is 25.3 Å². The fraction of sp³-hybridized carbons (Fsp3) is 0.538. The molecule has 1 aromatic rings. The average Bonchev–Trinajstić information content (AvgIpc) is 2.37. The molecule has 1 unspecified atom stereocenters. The lowest BCUT2D eigenvalue weighted by atomic mass is 10.1. The number of hydrogen-bond acceptors (Lipinski definition) is 5. The molecule has 1 atom stereocenters. The maximum Gasteiger partial charge on any atom is 0.164 e. The molecule has 0 heterocycles. The Bertz CT molecular complexity index is 381. The van der Waals surface area contributed by atoms with E-state index in [1.807, 2.05) is 19.1 Å². The summed E-state index contributed by atoms with van der Waals surface area (Å²) in [5, 5.41) is 3.26. The molecule has 1 aromatic carbocycles. The topological polar surface area (TPSA) is 65.7 Å². The molecule has 0 amide bonds. The second kappa shape index (κ2) is 7.08. The van der Waals surface area contributed by atoms with E-state index in [1.165, 1.54) is 0 Å². The highest BCUT2D eigenvalue weighted by Gasteiger charge is 2.11. The molecule has 0 aliphatic heterocycles. The maximum atomic E-state index is 5.69. The van der Waals surface area contributed by atoms with Crippen LogP contribution < -0.4 is 25.3 Å². The Labute approximate surface area is 108 Å². The van der Waals surface area contributed by atoms with Gasteiger partial charge in [-0.2, -0.15) is 0 Å². The highest BCUT2D eigenvalue weighted by atomic mass is 16.5. The van der Waals surface area contributed by atoms with E-state index in [2.05, 4.69) is 5.32 Å². The SMILES string of the molecule is COc1cc(OC)c(OC)cc1CNCC(C)N. The zero-order valence-electron chi connectivity index (χ0n) is 11.4. The average molecular weight is 254 g/mol. The zero-order chi connectivity index (χ0) is 13.5. The van der Waals surface area contributed by atoms with Gasteiger partial charge in [-0.3, -0.25) is 0 Å². The van der Waals surface area contributed by atoms with Crippen molar-refractivity contribution in [3.63, 3.8) is 0 Å². The van der Waals surface area contributed by atoms with Gasteiger partial charge >= 0.3 is 0 Å². The van der Waals surface area contributed by atoms with Gasteiger partial charge in [0.25, 0.3) is 0 Å². The molecule has 18 heavy (non-hydrogen) atoms. The van der Waals surface area contributed by atoms with E-state index in [-0.39, 0.29) is 6.04 Å². The van der Waals surface area contributed by atoms with Crippen LogP contribution in [0.4, 0.5) is 0 Å². The molecule has 0 radical (unpaired) electrons. The van der Waals surface area contributed by atoms with Crippen molar-refractivity contribution in [2.24, 2.45) is 5.73 Å². The van der Waals surface area contributed by atoms with E-state index >= 15 is 0 Å². The van der Waals surface area contributed by atoms with E-state index in [0.29, 0.717) is 18.0 Å². The Morgan fingerprint density at radius 3 is 2.11 bits per heavy atom. The highest BCUT2D eigenvalue weighted by molar-refractivity contribution is 5.50. The lowest BCUT2D eigenvalue weighted by Crippen LogP contribution is -2.30. The Morgan fingerprint density at radius 1 is 1.06 bits per heavy atom. The van der Waals surface area contributed by atoms with E-state index in [4.69, 9.17) is 19.9 Å². The Hall–Kier alpha value is -1.46. The van der Waals surface area contributed by atoms with Crippen LogP contribution in [0.15, 0.2) is 12.1 Å². The smallest absolute Gasteiger partial charge is 0.164 e. The summed E-state index contributed by atoms with van der Waals surface area (Å²) in [7, 11) is 4.85. The fourth-order valence-corrected chi connectivity index (χ4v) is 1.67. The molecule has 5 nitrogen and oxygen atoms in total. The van der Waals surface area contributed by atoms with Crippen LogP contribution in [0.3, 0.4) is 0 Å². The molecular weight excluding hydrogens is 232 g/mol. The molecule has 0 spiro atoms. The third-order valence-corrected chi connectivity index (χ3v) is 2.57. The van der Waals surface area contributed by atoms with Crippen LogP contribution in [-0.2, 0) is 6.54 Å². The minimum Gasteiger partial charge on any atom is -0.496 e. The summed E-state index contributed by atoms with van der Waals surface area (Å²) in [6.45, 7) is 3.38. The summed E-state index contributed by atoms with van der Waals surface area (Å²) >= 11 is 0. The van der Waals surface area contributed by atoms with Crippen molar-refractivity contribution in [3.8, 4) is 17.2 Å². The van der Waals surface area contributed by atoms with Crippen molar-refractivity contribution >= 4 is 0 Å². The molecule has 0 saturated carbocycles. The second-order valence-corrected chi connectivity index (χ2v) is 4.13. The molecule has 0 saturated heterocycles. The van der Waals surface area contributed by atoms with Crippen molar-refractivity contribution in [1.29, 1.82) is 0 Å². The Kier molecular flexibility index (Phi) is 5.74. The van der Waals surface area contributed by atoms with Gasteiger partial charge in [0.15, 0.2) is 11.5 Å². The van der Waals surface area contributed by atoms with E-state index in [0.717, 1.165) is 17.9 Å². The molecule has 0 fully saturated rings. The summed E-state index contributed by atoms with van der Waals surface area (Å²) < 4.78 is 15.8. The van der Waals surface area contributed by atoms with Crippen molar-refractivity contribution in [2.45, 2.75) is 19.5 Å². The minimum absolute atomic E-state index is 0.121. The summed E-state index contributed by atoms with van der Waals surface area (Å²) in [6, 6.07) is 3.85.